The molecular formula is C20H12Cl2N4O6. The molecule has 12 heteroatoms. The quantitative estimate of drug-likeness (QED) is 0.157. The van der Waals surface area contributed by atoms with E-state index in [1.807, 2.05) is 0 Å². The van der Waals surface area contributed by atoms with Crippen LogP contribution >= 0.6 is 23.2 Å². The lowest BCUT2D eigenvalue weighted by Gasteiger charge is -2.07. The van der Waals surface area contributed by atoms with Gasteiger partial charge in [-0.3, -0.25) is 25.7 Å². The first kappa shape index (κ1) is 22.7. The highest BCUT2D eigenvalue weighted by molar-refractivity contribution is 6.36. The van der Waals surface area contributed by atoms with Crippen molar-refractivity contribution in [3.05, 3.63) is 102 Å². The summed E-state index contributed by atoms with van der Waals surface area (Å²) in [6.45, 7) is 0. The van der Waals surface area contributed by atoms with Gasteiger partial charge >= 0.3 is 11.7 Å². The Bertz CT molecular complexity index is 1230. The van der Waals surface area contributed by atoms with E-state index in [2.05, 4.69) is 10.5 Å². The Morgan fingerprint density at radius 2 is 1.69 bits per heavy atom. The number of esters is 1. The molecule has 32 heavy (non-hydrogen) atoms. The van der Waals surface area contributed by atoms with E-state index in [0.29, 0.717) is 16.3 Å². The summed E-state index contributed by atoms with van der Waals surface area (Å²) in [5, 5.41) is 26.4. The first-order chi connectivity index (χ1) is 15.2. The number of ether oxygens (including phenoxy) is 1. The van der Waals surface area contributed by atoms with E-state index in [-0.39, 0.29) is 22.0 Å². The first-order valence-corrected chi connectivity index (χ1v) is 9.49. The average Bonchev–Trinajstić information content (AvgIpc) is 2.74. The molecule has 0 heterocycles. The lowest BCUT2D eigenvalue weighted by molar-refractivity contribution is -0.385. The minimum Gasteiger partial charge on any atom is -0.416 e. The van der Waals surface area contributed by atoms with Crippen LogP contribution in [0.2, 0.25) is 10.0 Å². The lowest BCUT2D eigenvalue weighted by atomic mass is 10.2. The highest BCUT2D eigenvalue weighted by atomic mass is 35.5. The van der Waals surface area contributed by atoms with Crippen LogP contribution in [0, 0.1) is 20.2 Å². The zero-order valence-electron chi connectivity index (χ0n) is 15.9. The number of nitrogens with one attached hydrogen (secondary N) is 1. The Hall–Kier alpha value is -4.02. The predicted octanol–water partition coefficient (Wildman–Crippen LogP) is 5.48. The van der Waals surface area contributed by atoms with E-state index in [1.54, 1.807) is 0 Å². The molecule has 3 aromatic rings. The van der Waals surface area contributed by atoms with Gasteiger partial charge in [-0.05, 0) is 42.5 Å². The van der Waals surface area contributed by atoms with E-state index in [0.717, 1.165) is 0 Å². The number of hydrogen-bond donors (Lipinski definition) is 1. The molecule has 0 saturated heterocycles. The minimum atomic E-state index is -0.879. The number of nitro groups is 2. The Labute approximate surface area is 190 Å². The average molecular weight is 475 g/mol. The number of halogens is 2. The maximum absolute atomic E-state index is 12.4. The predicted molar refractivity (Wildman–Crippen MR) is 119 cm³/mol. The second-order valence-electron chi connectivity index (χ2n) is 6.17. The van der Waals surface area contributed by atoms with Crippen LogP contribution in [0.25, 0.3) is 0 Å². The van der Waals surface area contributed by atoms with Crippen molar-refractivity contribution in [2.75, 3.05) is 5.43 Å². The van der Waals surface area contributed by atoms with Crippen molar-refractivity contribution < 1.29 is 19.4 Å². The fourth-order valence-corrected chi connectivity index (χ4v) is 2.98. The first-order valence-electron chi connectivity index (χ1n) is 8.74. The molecule has 0 bridgehead atoms. The van der Waals surface area contributed by atoms with Gasteiger partial charge in [0.1, 0.15) is 0 Å². The Morgan fingerprint density at radius 3 is 2.31 bits per heavy atom. The summed E-state index contributed by atoms with van der Waals surface area (Å²) in [5.74, 6) is -1.15. The number of carbonyl (C=O) groups is 1. The van der Waals surface area contributed by atoms with Gasteiger partial charge in [0.15, 0.2) is 0 Å². The summed E-state index contributed by atoms with van der Waals surface area (Å²) in [7, 11) is 0. The maximum atomic E-state index is 12.4. The molecular weight excluding hydrogens is 463 g/mol. The van der Waals surface area contributed by atoms with E-state index >= 15 is 0 Å². The summed E-state index contributed by atoms with van der Waals surface area (Å²) < 4.78 is 5.15. The van der Waals surface area contributed by atoms with Gasteiger partial charge in [-0.15, -0.1) is 0 Å². The van der Waals surface area contributed by atoms with Crippen molar-refractivity contribution in [3.8, 4) is 5.75 Å². The fourth-order valence-electron chi connectivity index (χ4n) is 2.49. The number of hydrogen-bond acceptors (Lipinski definition) is 8. The van der Waals surface area contributed by atoms with Gasteiger partial charge in [-0.25, -0.2) is 4.79 Å². The van der Waals surface area contributed by atoms with Crippen LogP contribution in [-0.4, -0.2) is 22.0 Å². The molecule has 3 rings (SSSR count). The van der Waals surface area contributed by atoms with Crippen LogP contribution in [-0.2, 0) is 0 Å². The van der Waals surface area contributed by atoms with Gasteiger partial charge in [0.25, 0.3) is 5.69 Å². The second-order valence-corrected chi connectivity index (χ2v) is 7.02. The van der Waals surface area contributed by atoms with Crippen LogP contribution < -0.4 is 10.2 Å². The molecule has 0 radical (unpaired) electrons. The lowest BCUT2D eigenvalue weighted by Crippen LogP contribution is -2.10. The van der Waals surface area contributed by atoms with Gasteiger partial charge in [0.05, 0.1) is 32.3 Å². The number of rotatable bonds is 7. The van der Waals surface area contributed by atoms with Gasteiger partial charge in [-0.2, -0.15) is 5.10 Å². The molecule has 0 aromatic heterocycles. The van der Waals surface area contributed by atoms with Gasteiger partial charge in [-0.1, -0.05) is 23.2 Å². The smallest absolute Gasteiger partial charge is 0.345 e. The summed E-state index contributed by atoms with van der Waals surface area (Å²) in [4.78, 5) is 33.2. The summed E-state index contributed by atoms with van der Waals surface area (Å²) in [6.07, 6.45) is 1.30. The molecule has 0 aliphatic carbocycles. The zero-order valence-corrected chi connectivity index (χ0v) is 17.4. The third kappa shape index (κ3) is 5.56. The van der Waals surface area contributed by atoms with Crippen LogP contribution in [0.5, 0.6) is 5.75 Å². The molecule has 162 valence electrons. The number of nitrogens with zero attached hydrogens (tertiary/aromatic N) is 3. The third-order valence-corrected chi connectivity index (χ3v) is 4.57. The minimum absolute atomic E-state index is 0.00306. The van der Waals surface area contributed by atoms with Crippen LogP contribution in [0.4, 0.5) is 17.1 Å². The summed E-state index contributed by atoms with van der Waals surface area (Å²) >= 11 is 11.8. The van der Waals surface area contributed by atoms with Crippen molar-refractivity contribution >= 4 is 52.4 Å². The fraction of sp³-hybridized carbons (Fsp3) is 0. The van der Waals surface area contributed by atoms with Crippen LogP contribution in [0.15, 0.2) is 65.8 Å². The van der Waals surface area contributed by atoms with Crippen LogP contribution in [0.1, 0.15) is 15.9 Å². The monoisotopic (exact) mass is 474 g/mol. The Morgan fingerprint density at radius 1 is 0.969 bits per heavy atom. The molecule has 0 saturated carbocycles. The Balaban J connectivity index is 1.75. The van der Waals surface area contributed by atoms with Crippen LogP contribution in [0.3, 0.4) is 0 Å². The maximum Gasteiger partial charge on any atom is 0.345 e. The molecule has 0 fully saturated rings. The van der Waals surface area contributed by atoms with E-state index in [1.165, 1.54) is 66.9 Å². The number of anilines is 1. The summed E-state index contributed by atoms with van der Waals surface area (Å²) in [6, 6.07) is 13.6. The number of carbonyl (C=O) groups excluding carboxylic acids is 1. The van der Waals surface area contributed by atoms with Gasteiger partial charge < -0.3 is 4.74 Å². The second kappa shape index (κ2) is 9.86. The standard InChI is InChI=1S/C20H12Cl2N4O6/c21-13-2-7-16(17(22)10-13)20(27)32-19-8-1-12(9-18(19)26(30)31)11-23-24-14-3-5-15(6-4-14)25(28)29/h1-11,24H. The van der Waals surface area contributed by atoms with Crippen molar-refractivity contribution in [2.24, 2.45) is 5.10 Å². The Kier molecular flexibility index (Phi) is 6.98. The molecule has 0 atom stereocenters. The molecule has 0 unspecified atom stereocenters. The van der Waals surface area contributed by atoms with Gasteiger partial charge in [0.2, 0.25) is 5.75 Å². The number of non-ortho nitro benzene ring substituents is 1. The van der Waals surface area contributed by atoms with Crippen molar-refractivity contribution in [3.63, 3.8) is 0 Å². The third-order valence-electron chi connectivity index (χ3n) is 4.02. The molecule has 0 amide bonds. The highest BCUT2D eigenvalue weighted by Gasteiger charge is 2.21. The molecule has 10 nitrogen and oxygen atoms in total. The number of benzene rings is 3. The molecule has 0 spiro atoms. The summed E-state index contributed by atoms with van der Waals surface area (Å²) in [5.41, 5.74) is 2.95. The highest BCUT2D eigenvalue weighted by Crippen LogP contribution is 2.30. The molecule has 3 aromatic carbocycles. The van der Waals surface area contributed by atoms with E-state index in [9.17, 15) is 25.0 Å². The number of nitro benzene ring substituents is 2. The molecule has 1 N–H and O–H groups in total. The molecule has 0 aliphatic rings. The SMILES string of the molecule is O=C(Oc1ccc(C=NNc2ccc([N+](=O)[O-])cc2)cc1[N+](=O)[O-])c1ccc(Cl)cc1Cl. The normalized spacial score (nSPS) is 10.7. The molecule has 0 aliphatic heterocycles. The van der Waals surface area contributed by atoms with Crippen molar-refractivity contribution in [1.29, 1.82) is 0 Å². The van der Waals surface area contributed by atoms with E-state index in [4.69, 9.17) is 27.9 Å². The van der Waals surface area contributed by atoms with Crippen molar-refractivity contribution in [1.82, 2.24) is 0 Å². The van der Waals surface area contributed by atoms with Gasteiger partial charge in [0, 0.05) is 28.8 Å². The van der Waals surface area contributed by atoms with E-state index < -0.39 is 21.5 Å². The largest absolute Gasteiger partial charge is 0.416 e. The van der Waals surface area contributed by atoms with Crippen molar-refractivity contribution in [2.45, 2.75) is 0 Å². The topological polar surface area (TPSA) is 137 Å². The number of hydrazone groups is 1. The zero-order chi connectivity index (χ0) is 23.3.